The maximum Gasteiger partial charge on any atom is -0.00707 e. The Hall–Kier alpha value is -1.04. The SMILES string of the molecule is C=C(CC(C)=C(C)C)/C(C)=C/C=C\C. The van der Waals surface area contributed by atoms with Crippen LogP contribution in [-0.2, 0) is 0 Å². The Morgan fingerprint density at radius 1 is 1.14 bits per heavy atom. The van der Waals surface area contributed by atoms with E-state index in [1.807, 2.05) is 13.0 Å². The average Bonchev–Trinajstić information content (AvgIpc) is 2.13. The molecule has 0 atom stereocenters. The second-order valence-corrected chi connectivity index (χ2v) is 3.94. The Kier molecular flexibility index (Phi) is 5.94. The molecule has 0 N–H and O–H groups in total. The summed E-state index contributed by atoms with van der Waals surface area (Å²) in [5.41, 5.74) is 5.29. The minimum Gasteiger partial charge on any atom is -0.0952 e. The first-order valence-corrected chi connectivity index (χ1v) is 5.09. The summed E-state index contributed by atoms with van der Waals surface area (Å²) in [6.45, 7) is 14.7. The summed E-state index contributed by atoms with van der Waals surface area (Å²) in [5.74, 6) is 0. The fourth-order valence-corrected chi connectivity index (χ4v) is 0.995. The van der Waals surface area contributed by atoms with Crippen molar-refractivity contribution in [3.8, 4) is 0 Å². The summed E-state index contributed by atoms with van der Waals surface area (Å²) in [4.78, 5) is 0. The smallest absolute Gasteiger partial charge is 0.00707 e. The van der Waals surface area contributed by atoms with Crippen molar-refractivity contribution in [3.63, 3.8) is 0 Å². The minimum atomic E-state index is 0.988. The van der Waals surface area contributed by atoms with Crippen LogP contribution in [0.25, 0.3) is 0 Å². The Balaban J connectivity index is 4.44. The Bertz CT molecular complexity index is 281. The first kappa shape index (κ1) is 13.0. The van der Waals surface area contributed by atoms with Gasteiger partial charge in [0.05, 0.1) is 0 Å². The lowest BCUT2D eigenvalue weighted by Gasteiger charge is -2.07. The van der Waals surface area contributed by atoms with Gasteiger partial charge in [-0.25, -0.2) is 0 Å². The maximum absolute atomic E-state index is 4.09. The summed E-state index contributed by atoms with van der Waals surface area (Å²) in [5, 5.41) is 0. The largest absolute Gasteiger partial charge is 0.0952 e. The summed E-state index contributed by atoms with van der Waals surface area (Å²) >= 11 is 0. The highest BCUT2D eigenvalue weighted by Crippen LogP contribution is 2.18. The van der Waals surface area contributed by atoms with Crippen molar-refractivity contribution < 1.29 is 0 Å². The topological polar surface area (TPSA) is 0 Å². The molecule has 0 aromatic carbocycles. The van der Waals surface area contributed by atoms with Crippen LogP contribution in [0, 0.1) is 0 Å². The van der Waals surface area contributed by atoms with E-state index in [0.29, 0.717) is 0 Å². The van der Waals surface area contributed by atoms with Crippen LogP contribution in [-0.4, -0.2) is 0 Å². The van der Waals surface area contributed by atoms with Crippen LogP contribution in [0.5, 0.6) is 0 Å². The fourth-order valence-electron chi connectivity index (χ4n) is 0.995. The highest BCUT2D eigenvalue weighted by atomic mass is 14.0. The molecule has 0 rings (SSSR count). The molecule has 0 aromatic heterocycles. The van der Waals surface area contributed by atoms with Crippen molar-refractivity contribution >= 4 is 0 Å². The van der Waals surface area contributed by atoms with Crippen molar-refractivity contribution in [3.05, 3.63) is 47.1 Å². The lowest BCUT2D eigenvalue weighted by Crippen LogP contribution is -1.87. The van der Waals surface area contributed by atoms with Gasteiger partial charge in [-0.05, 0) is 52.2 Å². The number of hydrogen-bond acceptors (Lipinski definition) is 0. The van der Waals surface area contributed by atoms with Crippen molar-refractivity contribution in [2.45, 2.75) is 41.0 Å². The van der Waals surface area contributed by atoms with Gasteiger partial charge in [0.25, 0.3) is 0 Å². The second kappa shape index (κ2) is 6.42. The van der Waals surface area contributed by atoms with Gasteiger partial charge in [-0.15, -0.1) is 0 Å². The van der Waals surface area contributed by atoms with Gasteiger partial charge < -0.3 is 0 Å². The first-order valence-electron chi connectivity index (χ1n) is 5.09. The molecular formula is C14H22. The predicted octanol–water partition coefficient (Wildman–Crippen LogP) is 4.81. The molecule has 14 heavy (non-hydrogen) atoms. The third-order valence-electron chi connectivity index (χ3n) is 2.43. The number of hydrogen-bond donors (Lipinski definition) is 0. The maximum atomic E-state index is 4.09. The van der Waals surface area contributed by atoms with Crippen LogP contribution in [0.3, 0.4) is 0 Å². The quantitative estimate of drug-likeness (QED) is 0.441. The van der Waals surface area contributed by atoms with Crippen LogP contribution in [0.1, 0.15) is 41.0 Å². The van der Waals surface area contributed by atoms with Crippen LogP contribution < -0.4 is 0 Å². The van der Waals surface area contributed by atoms with Crippen LogP contribution in [0.15, 0.2) is 47.1 Å². The monoisotopic (exact) mass is 190 g/mol. The van der Waals surface area contributed by atoms with E-state index in [2.05, 4.69) is 46.4 Å². The van der Waals surface area contributed by atoms with E-state index in [9.17, 15) is 0 Å². The standard InChI is InChI=1S/C14H22/c1-7-8-9-12(4)14(6)10-13(5)11(2)3/h7-9H,6,10H2,1-5H3/b8-7-,12-9+. The van der Waals surface area contributed by atoms with E-state index >= 15 is 0 Å². The van der Waals surface area contributed by atoms with E-state index in [-0.39, 0.29) is 0 Å². The van der Waals surface area contributed by atoms with Gasteiger partial charge in [0.15, 0.2) is 0 Å². The number of rotatable bonds is 4. The molecule has 0 fully saturated rings. The highest BCUT2D eigenvalue weighted by molar-refractivity contribution is 5.33. The summed E-state index contributed by atoms with van der Waals surface area (Å²) in [7, 11) is 0. The summed E-state index contributed by atoms with van der Waals surface area (Å²) in [6, 6.07) is 0. The zero-order chi connectivity index (χ0) is 11.1. The molecule has 0 aliphatic rings. The molecule has 0 spiro atoms. The molecule has 0 saturated heterocycles. The van der Waals surface area contributed by atoms with Crippen LogP contribution >= 0.6 is 0 Å². The molecule has 0 saturated carbocycles. The fraction of sp³-hybridized carbons (Fsp3) is 0.429. The van der Waals surface area contributed by atoms with Gasteiger partial charge in [0.1, 0.15) is 0 Å². The van der Waals surface area contributed by atoms with E-state index in [1.165, 1.54) is 22.3 Å². The second-order valence-electron chi connectivity index (χ2n) is 3.94. The van der Waals surface area contributed by atoms with Gasteiger partial charge in [0, 0.05) is 0 Å². The van der Waals surface area contributed by atoms with Gasteiger partial charge in [-0.2, -0.15) is 0 Å². The predicted molar refractivity (Wildman–Crippen MR) is 66.4 cm³/mol. The van der Waals surface area contributed by atoms with E-state index in [1.54, 1.807) is 0 Å². The Morgan fingerprint density at radius 2 is 1.71 bits per heavy atom. The normalized spacial score (nSPS) is 11.9. The van der Waals surface area contributed by atoms with Gasteiger partial charge in [-0.1, -0.05) is 36.0 Å². The van der Waals surface area contributed by atoms with Crippen LogP contribution in [0.4, 0.5) is 0 Å². The average molecular weight is 190 g/mol. The summed E-state index contributed by atoms with van der Waals surface area (Å²) in [6.07, 6.45) is 7.19. The molecule has 0 radical (unpaired) electrons. The molecule has 0 heteroatoms. The molecule has 0 aliphatic heterocycles. The zero-order valence-electron chi connectivity index (χ0n) is 10.1. The first-order chi connectivity index (χ1) is 6.49. The van der Waals surface area contributed by atoms with Crippen molar-refractivity contribution in [2.24, 2.45) is 0 Å². The van der Waals surface area contributed by atoms with Gasteiger partial charge in [-0.3, -0.25) is 0 Å². The molecule has 78 valence electrons. The molecule has 0 unspecified atom stereocenters. The van der Waals surface area contributed by atoms with Gasteiger partial charge >= 0.3 is 0 Å². The molecule has 0 aromatic rings. The van der Waals surface area contributed by atoms with Crippen LogP contribution in [0.2, 0.25) is 0 Å². The Morgan fingerprint density at radius 3 is 2.14 bits per heavy atom. The molecule has 0 aliphatic carbocycles. The highest BCUT2D eigenvalue weighted by Gasteiger charge is 1.98. The lowest BCUT2D eigenvalue weighted by atomic mass is 9.99. The van der Waals surface area contributed by atoms with Crippen molar-refractivity contribution in [2.75, 3.05) is 0 Å². The van der Waals surface area contributed by atoms with E-state index in [0.717, 1.165) is 6.42 Å². The van der Waals surface area contributed by atoms with Crippen molar-refractivity contribution in [1.29, 1.82) is 0 Å². The van der Waals surface area contributed by atoms with Gasteiger partial charge in [0.2, 0.25) is 0 Å². The van der Waals surface area contributed by atoms with E-state index in [4.69, 9.17) is 0 Å². The van der Waals surface area contributed by atoms with E-state index < -0.39 is 0 Å². The zero-order valence-corrected chi connectivity index (χ0v) is 10.1. The molecular weight excluding hydrogens is 168 g/mol. The molecule has 0 bridgehead atoms. The third kappa shape index (κ3) is 4.86. The molecule has 0 heterocycles. The minimum absolute atomic E-state index is 0.988. The molecule has 0 amide bonds. The summed E-state index contributed by atoms with van der Waals surface area (Å²) < 4.78 is 0. The third-order valence-corrected chi connectivity index (χ3v) is 2.43. The Labute approximate surface area is 88.7 Å². The lowest BCUT2D eigenvalue weighted by molar-refractivity contribution is 1.07. The van der Waals surface area contributed by atoms with Crippen molar-refractivity contribution in [1.82, 2.24) is 0 Å². The number of allylic oxidation sites excluding steroid dienone is 7. The molecule has 0 nitrogen and oxygen atoms in total.